The molecule has 20 heavy (non-hydrogen) atoms. The summed E-state index contributed by atoms with van der Waals surface area (Å²) in [5.41, 5.74) is 0.587. The number of nitrogens with one attached hydrogen (secondary N) is 1. The fraction of sp³-hybridized carbons (Fsp3) is 0.600. The van der Waals surface area contributed by atoms with Crippen molar-refractivity contribution in [1.82, 2.24) is 10.2 Å². The zero-order chi connectivity index (χ0) is 14.5. The van der Waals surface area contributed by atoms with Gasteiger partial charge in [-0.25, -0.2) is 0 Å². The van der Waals surface area contributed by atoms with Gasteiger partial charge in [-0.3, -0.25) is 0 Å². The molecule has 2 rings (SSSR count). The third kappa shape index (κ3) is 3.55. The second kappa shape index (κ2) is 6.81. The van der Waals surface area contributed by atoms with Gasteiger partial charge in [0, 0.05) is 31.2 Å². The third-order valence-electron chi connectivity index (χ3n) is 4.12. The summed E-state index contributed by atoms with van der Waals surface area (Å²) in [6.45, 7) is 2.27. The molecule has 112 valence electrons. The van der Waals surface area contributed by atoms with Gasteiger partial charge in [0.25, 0.3) is 0 Å². The van der Waals surface area contributed by atoms with E-state index in [0.717, 1.165) is 13.1 Å². The normalized spacial score (nSPS) is 16.1. The molecule has 1 aliphatic rings. The molecule has 1 saturated carbocycles. The third-order valence-corrected chi connectivity index (χ3v) is 4.12. The number of aromatic hydroxyl groups is 3. The van der Waals surface area contributed by atoms with Crippen LogP contribution in [0.1, 0.15) is 31.2 Å². The monoisotopic (exact) mass is 280 g/mol. The van der Waals surface area contributed by atoms with Crippen molar-refractivity contribution in [2.75, 3.05) is 20.1 Å². The average Bonchev–Trinajstić information content (AvgIpc) is 2.97. The quantitative estimate of drug-likeness (QED) is 0.472. The number of hydrogen-bond donors (Lipinski definition) is 4. The molecule has 1 aromatic rings. The fourth-order valence-electron chi connectivity index (χ4n) is 2.76. The minimum atomic E-state index is -0.452. The van der Waals surface area contributed by atoms with Crippen molar-refractivity contribution in [3.8, 4) is 17.2 Å². The summed E-state index contributed by atoms with van der Waals surface area (Å²) in [6.07, 6.45) is 5.26. The Bertz CT molecular complexity index is 445. The van der Waals surface area contributed by atoms with Crippen LogP contribution in [0.3, 0.4) is 0 Å². The topological polar surface area (TPSA) is 76.0 Å². The van der Waals surface area contributed by atoms with E-state index in [1.165, 1.54) is 31.7 Å². The lowest BCUT2D eigenvalue weighted by Crippen LogP contribution is -2.35. The summed E-state index contributed by atoms with van der Waals surface area (Å²) in [7, 11) is 2.15. The second-order valence-corrected chi connectivity index (χ2v) is 5.54. The Balaban J connectivity index is 1.74. The van der Waals surface area contributed by atoms with Crippen LogP contribution in [0.2, 0.25) is 0 Å². The van der Waals surface area contributed by atoms with Crippen molar-refractivity contribution in [2.24, 2.45) is 0 Å². The first-order valence-corrected chi connectivity index (χ1v) is 7.23. The summed E-state index contributed by atoms with van der Waals surface area (Å²) in [5.74, 6) is -0.999. The largest absolute Gasteiger partial charge is 0.504 e. The zero-order valence-electron chi connectivity index (χ0n) is 12.0. The Kier molecular flexibility index (Phi) is 5.09. The lowest BCUT2D eigenvalue weighted by atomic mass is 10.1. The summed E-state index contributed by atoms with van der Waals surface area (Å²) >= 11 is 0. The van der Waals surface area contributed by atoms with Crippen LogP contribution in [0, 0.1) is 0 Å². The molecule has 0 unspecified atom stereocenters. The average molecular weight is 280 g/mol. The van der Waals surface area contributed by atoms with Crippen LogP contribution in [-0.4, -0.2) is 46.4 Å². The molecule has 0 atom stereocenters. The Morgan fingerprint density at radius 1 is 1.15 bits per heavy atom. The SMILES string of the molecule is CN(CCNCc1ccc(O)c(O)c1O)C1CCCC1. The highest BCUT2D eigenvalue weighted by atomic mass is 16.3. The van der Waals surface area contributed by atoms with E-state index >= 15 is 0 Å². The number of hydrogen-bond acceptors (Lipinski definition) is 5. The van der Waals surface area contributed by atoms with Gasteiger partial charge in [-0.2, -0.15) is 0 Å². The number of benzene rings is 1. The van der Waals surface area contributed by atoms with Gasteiger partial charge < -0.3 is 25.5 Å². The van der Waals surface area contributed by atoms with Gasteiger partial charge in [-0.1, -0.05) is 18.9 Å². The lowest BCUT2D eigenvalue weighted by Gasteiger charge is -2.24. The minimum Gasteiger partial charge on any atom is -0.504 e. The van der Waals surface area contributed by atoms with Crippen LogP contribution in [0.15, 0.2) is 12.1 Å². The van der Waals surface area contributed by atoms with Gasteiger partial charge in [-0.05, 0) is 26.0 Å². The molecular formula is C15H24N2O3. The molecule has 5 heteroatoms. The molecule has 5 nitrogen and oxygen atoms in total. The molecule has 4 N–H and O–H groups in total. The minimum absolute atomic E-state index is 0.248. The molecule has 0 aromatic heterocycles. The van der Waals surface area contributed by atoms with E-state index in [-0.39, 0.29) is 11.5 Å². The van der Waals surface area contributed by atoms with E-state index in [0.29, 0.717) is 18.2 Å². The first kappa shape index (κ1) is 14.9. The standard InChI is InChI=1S/C15H24N2O3/c1-17(12-4-2-3-5-12)9-8-16-10-11-6-7-13(18)15(20)14(11)19/h6-7,12,16,18-20H,2-5,8-10H2,1H3. The molecule has 0 aliphatic heterocycles. The number of rotatable bonds is 6. The molecule has 1 aromatic carbocycles. The first-order chi connectivity index (χ1) is 9.59. The van der Waals surface area contributed by atoms with Gasteiger partial charge in [0.15, 0.2) is 11.5 Å². The molecule has 1 fully saturated rings. The maximum atomic E-state index is 9.70. The Hall–Kier alpha value is -1.46. The van der Waals surface area contributed by atoms with Gasteiger partial charge in [0.1, 0.15) is 0 Å². The van der Waals surface area contributed by atoms with Crippen molar-refractivity contribution < 1.29 is 15.3 Å². The smallest absolute Gasteiger partial charge is 0.200 e. The van der Waals surface area contributed by atoms with Gasteiger partial charge in [-0.15, -0.1) is 0 Å². The van der Waals surface area contributed by atoms with Gasteiger partial charge in [0.05, 0.1) is 0 Å². The highest BCUT2D eigenvalue weighted by molar-refractivity contribution is 5.52. The Morgan fingerprint density at radius 3 is 2.55 bits per heavy atom. The highest BCUT2D eigenvalue weighted by Gasteiger charge is 2.18. The van der Waals surface area contributed by atoms with E-state index in [1.807, 2.05) is 0 Å². The number of phenolic OH excluding ortho intramolecular Hbond substituents is 3. The summed E-state index contributed by atoms with van der Waals surface area (Å²) in [6, 6.07) is 3.71. The van der Waals surface area contributed by atoms with Gasteiger partial charge in [0.2, 0.25) is 5.75 Å². The van der Waals surface area contributed by atoms with Crippen LogP contribution >= 0.6 is 0 Å². The number of nitrogens with zero attached hydrogens (tertiary/aromatic N) is 1. The zero-order valence-corrected chi connectivity index (χ0v) is 12.0. The molecule has 0 saturated heterocycles. The van der Waals surface area contributed by atoms with E-state index < -0.39 is 5.75 Å². The van der Waals surface area contributed by atoms with E-state index in [9.17, 15) is 15.3 Å². The second-order valence-electron chi connectivity index (χ2n) is 5.54. The molecule has 0 bridgehead atoms. The van der Waals surface area contributed by atoms with E-state index in [4.69, 9.17) is 0 Å². The highest BCUT2D eigenvalue weighted by Crippen LogP contribution is 2.36. The Morgan fingerprint density at radius 2 is 1.85 bits per heavy atom. The van der Waals surface area contributed by atoms with E-state index in [2.05, 4.69) is 17.3 Å². The van der Waals surface area contributed by atoms with Crippen molar-refractivity contribution in [3.63, 3.8) is 0 Å². The lowest BCUT2D eigenvalue weighted by molar-refractivity contribution is 0.245. The van der Waals surface area contributed by atoms with Crippen LogP contribution in [0.4, 0.5) is 0 Å². The van der Waals surface area contributed by atoms with Crippen LogP contribution in [0.25, 0.3) is 0 Å². The summed E-state index contributed by atoms with van der Waals surface area (Å²) < 4.78 is 0. The van der Waals surface area contributed by atoms with Crippen molar-refractivity contribution in [1.29, 1.82) is 0 Å². The molecule has 1 aliphatic carbocycles. The molecular weight excluding hydrogens is 256 g/mol. The predicted molar refractivity (Wildman–Crippen MR) is 78.0 cm³/mol. The van der Waals surface area contributed by atoms with Crippen molar-refractivity contribution in [3.05, 3.63) is 17.7 Å². The predicted octanol–water partition coefficient (Wildman–Crippen LogP) is 1.77. The van der Waals surface area contributed by atoms with Gasteiger partial charge >= 0.3 is 0 Å². The summed E-state index contributed by atoms with van der Waals surface area (Å²) in [5, 5.41) is 31.6. The maximum Gasteiger partial charge on any atom is 0.200 e. The molecule has 0 radical (unpaired) electrons. The Labute approximate surface area is 119 Å². The van der Waals surface area contributed by atoms with Crippen LogP contribution < -0.4 is 5.32 Å². The fourth-order valence-corrected chi connectivity index (χ4v) is 2.76. The number of likely N-dealkylation sites (N-methyl/N-ethyl adjacent to an activating group) is 1. The first-order valence-electron chi connectivity index (χ1n) is 7.23. The molecule has 0 heterocycles. The molecule has 0 spiro atoms. The molecule has 0 amide bonds. The van der Waals surface area contributed by atoms with Crippen molar-refractivity contribution in [2.45, 2.75) is 38.3 Å². The van der Waals surface area contributed by atoms with Crippen molar-refractivity contribution >= 4 is 0 Å². The van der Waals surface area contributed by atoms with Crippen LogP contribution in [0.5, 0.6) is 17.2 Å². The van der Waals surface area contributed by atoms with Crippen LogP contribution in [-0.2, 0) is 6.54 Å². The number of phenols is 3. The summed E-state index contributed by atoms with van der Waals surface area (Å²) in [4.78, 5) is 2.38. The maximum absolute atomic E-state index is 9.70. The van der Waals surface area contributed by atoms with E-state index in [1.54, 1.807) is 6.07 Å².